The molecule has 0 saturated carbocycles. The number of rotatable bonds is 4. The molecule has 21 heavy (non-hydrogen) atoms. The molecular formula is C16H16N2O3. The fraction of sp³-hybridized carbons (Fsp3) is 0.250. The van der Waals surface area contributed by atoms with E-state index in [1.54, 1.807) is 5.06 Å². The van der Waals surface area contributed by atoms with Crippen molar-refractivity contribution >= 4 is 5.69 Å². The van der Waals surface area contributed by atoms with Crippen molar-refractivity contribution < 1.29 is 9.76 Å². The smallest absolute Gasteiger partial charge is 0.232 e. The molecule has 5 heteroatoms. The number of hydrogen-bond donors (Lipinski definition) is 0. The second-order valence-electron chi connectivity index (χ2n) is 5.07. The quantitative estimate of drug-likeness (QED) is 0.639. The molecule has 0 aliphatic carbocycles. The molecule has 2 aromatic rings. The molecular weight excluding hydrogens is 268 g/mol. The van der Waals surface area contributed by atoms with Crippen LogP contribution in [-0.4, -0.2) is 17.6 Å². The lowest BCUT2D eigenvalue weighted by atomic mass is 10.0. The van der Waals surface area contributed by atoms with Gasteiger partial charge in [-0.2, -0.15) is 0 Å². The Bertz CT molecular complexity index is 556. The number of nitrogens with zero attached hydrogens (tertiary/aromatic N) is 2. The van der Waals surface area contributed by atoms with Gasteiger partial charge in [0.1, 0.15) is 0 Å². The predicted molar refractivity (Wildman–Crippen MR) is 79.5 cm³/mol. The third-order valence-corrected chi connectivity index (χ3v) is 3.58. The molecule has 0 radical (unpaired) electrons. The van der Waals surface area contributed by atoms with E-state index in [4.69, 9.17) is 4.84 Å². The molecule has 1 aliphatic rings. The predicted octanol–water partition coefficient (Wildman–Crippen LogP) is 3.21. The van der Waals surface area contributed by atoms with Crippen molar-refractivity contribution in [3.8, 4) is 0 Å². The normalized spacial score (nSPS) is 21.4. The van der Waals surface area contributed by atoms with E-state index in [9.17, 15) is 10.1 Å². The Labute approximate surface area is 122 Å². The fourth-order valence-corrected chi connectivity index (χ4v) is 2.66. The minimum atomic E-state index is -0.398. The van der Waals surface area contributed by atoms with Crippen LogP contribution in [-0.2, 0) is 4.84 Å². The Morgan fingerprint density at radius 3 is 2.33 bits per heavy atom. The summed E-state index contributed by atoms with van der Waals surface area (Å²) in [6, 6.07) is 19.7. The van der Waals surface area contributed by atoms with Gasteiger partial charge in [-0.1, -0.05) is 48.5 Å². The molecule has 0 bridgehead atoms. The maximum Gasteiger partial charge on any atom is 0.232 e. The summed E-state index contributed by atoms with van der Waals surface area (Å²) in [7, 11) is 0. The molecule has 0 aromatic heterocycles. The van der Waals surface area contributed by atoms with Gasteiger partial charge in [0.2, 0.25) is 6.54 Å². The molecule has 0 amide bonds. The Kier molecular flexibility index (Phi) is 3.83. The SMILES string of the molecule is O=[N+]([O-])C[C@@H]1C[C@H](c2ccccc2)N(c2ccccc2)O1. The van der Waals surface area contributed by atoms with Gasteiger partial charge in [-0.05, 0) is 17.7 Å². The van der Waals surface area contributed by atoms with Gasteiger partial charge < -0.3 is 0 Å². The second-order valence-corrected chi connectivity index (χ2v) is 5.07. The molecule has 2 aromatic carbocycles. The number of hydroxylamine groups is 1. The average molecular weight is 284 g/mol. The van der Waals surface area contributed by atoms with E-state index in [2.05, 4.69) is 0 Å². The van der Waals surface area contributed by atoms with Crippen molar-refractivity contribution in [3.63, 3.8) is 0 Å². The molecule has 0 N–H and O–H groups in total. The number of anilines is 1. The van der Waals surface area contributed by atoms with Crippen LogP contribution in [0.4, 0.5) is 5.69 Å². The average Bonchev–Trinajstić information content (AvgIpc) is 2.92. The summed E-state index contributed by atoms with van der Waals surface area (Å²) in [5, 5.41) is 12.5. The van der Waals surface area contributed by atoms with E-state index < -0.39 is 6.10 Å². The first kappa shape index (κ1) is 13.6. The first-order chi connectivity index (χ1) is 10.2. The highest BCUT2D eigenvalue weighted by molar-refractivity contribution is 5.47. The van der Waals surface area contributed by atoms with Crippen molar-refractivity contribution in [2.45, 2.75) is 18.6 Å². The standard InChI is InChI=1S/C16H16N2O3/c19-17(20)12-15-11-16(13-7-3-1-4-8-13)18(21-15)14-9-5-2-6-10-14/h1-10,15-16H,11-12H2/t15-,16+/m0/s1. The molecule has 0 spiro atoms. The van der Waals surface area contributed by atoms with Gasteiger partial charge >= 0.3 is 0 Å². The lowest BCUT2D eigenvalue weighted by molar-refractivity contribution is -0.490. The Hall–Kier alpha value is -2.40. The monoisotopic (exact) mass is 284 g/mol. The number of hydrogen-bond acceptors (Lipinski definition) is 4. The van der Waals surface area contributed by atoms with E-state index in [1.807, 2.05) is 60.7 Å². The fourth-order valence-electron chi connectivity index (χ4n) is 2.66. The molecule has 1 heterocycles. The van der Waals surface area contributed by atoms with Crippen LogP contribution in [0.2, 0.25) is 0 Å². The Balaban J connectivity index is 1.89. The van der Waals surface area contributed by atoms with Gasteiger partial charge in [0, 0.05) is 11.3 Å². The first-order valence-electron chi connectivity index (χ1n) is 6.92. The molecule has 1 aliphatic heterocycles. The van der Waals surface area contributed by atoms with Crippen LogP contribution in [0.1, 0.15) is 18.0 Å². The van der Waals surface area contributed by atoms with Crippen LogP contribution < -0.4 is 5.06 Å². The molecule has 1 saturated heterocycles. The molecule has 5 nitrogen and oxygen atoms in total. The molecule has 3 rings (SSSR count). The first-order valence-corrected chi connectivity index (χ1v) is 6.92. The van der Waals surface area contributed by atoms with Crippen LogP contribution in [0.5, 0.6) is 0 Å². The Morgan fingerprint density at radius 1 is 1.10 bits per heavy atom. The third-order valence-electron chi connectivity index (χ3n) is 3.58. The van der Waals surface area contributed by atoms with E-state index >= 15 is 0 Å². The third kappa shape index (κ3) is 3.03. The molecule has 0 unspecified atom stereocenters. The summed E-state index contributed by atoms with van der Waals surface area (Å²) >= 11 is 0. The zero-order valence-electron chi connectivity index (χ0n) is 11.5. The topological polar surface area (TPSA) is 55.6 Å². The van der Waals surface area contributed by atoms with Crippen LogP contribution in [0, 0.1) is 10.1 Å². The summed E-state index contributed by atoms with van der Waals surface area (Å²) < 4.78 is 0. The molecule has 1 fully saturated rings. The van der Waals surface area contributed by atoms with Gasteiger partial charge in [-0.3, -0.25) is 15.0 Å². The van der Waals surface area contributed by atoms with Crippen molar-refractivity contribution in [1.29, 1.82) is 0 Å². The van der Waals surface area contributed by atoms with Crippen LogP contribution in [0.25, 0.3) is 0 Å². The molecule has 108 valence electrons. The largest absolute Gasteiger partial charge is 0.264 e. The minimum Gasteiger partial charge on any atom is -0.264 e. The van der Waals surface area contributed by atoms with Crippen LogP contribution in [0.3, 0.4) is 0 Å². The van der Waals surface area contributed by atoms with E-state index in [1.165, 1.54) is 0 Å². The molecule has 2 atom stereocenters. The second kappa shape index (κ2) is 5.93. The Morgan fingerprint density at radius 2 is 1.71 bits per heavy atom. The van der Waals surface area contributed by atoms with Gasteiger partial charge in [0.05, 0.1) is 11.7 Å². The minimum absolute atomic E-state index is 0.00134. The maximum atomic E-state index is 10.7. The van der Waals surface area contributed by atoms with E-state index in [0.29, 0.717) is 6.42 Å². The van der Waals surface area contributed by atoms with Gasteiger partial charge in [-0.25, -0.2) is 5.06 Å². The van der Waals surface area contributed by atoms with Crippen LogP contribution in [0.15, 0.2) is 60.7 Å². The number of benzene rings is 2. The van der Waals surface area contributed by atoms with Crippen LogP contribution >= 0.6 is 0 Å². The zero-order chi connectivity index (χ0) is 14.7. The van der Waals surface area contributed by atoms with Crippen molar-refractivity contribution in [2.75, 3.05) is 11.6 Å². The summed E-state index contributed by atoms with van der Waals surface area (Å²) in [5.41, 5.74) is 2.02. The highest BCUT2D eigenvalue weighted by Gasteiger charge is 2.37. The lowest BCUT2D eigenvalue weighted by Gasteiger charge is -2.24. The lowest BCUT2D eigenvalue weighted by Crippen LogP contribution is -2.24. The van der Waals surface area contributed by atoms with E-state index in [-0.39, 0.29) is 17.5 Å². The summed E-state index contributed by atoms with van der Waals surface area (Å²) in [5.74, 6) is 0. The van der Waals surface area contributed by atoms with Crippen molar-refractivity contribution in [3.05, 3.63) is 76.3 Å². The van der Waals surface area contributed by atoms with E-state index in [0.717, 1.165) is 11.3 Å². The van der Waals surface area contributed by atoms with Gasteiger partial charge in [0.15, 0.2) is 6.10 Å². The summed E-state index contributed by atoms with van der Waals surface area (Å²) in [4.78, 5) is 16.2. The zero-order valence-corrected chi connectivity index (χ0v) is 11.5. The van der Waals surface area contributed by atoms with Crippen molar-refractivity contribution in [2.24, 2.45) is 0 Å². The summed E-state index contributed by atoms with van der Waals surface area (Å²) in [6.07, 6.45) is 0.213. The number of para-hydroxylation sites is 1. The van der Waals surface area contributed by atoms with Gasteiger partial charge in [-0.15, -0.1) is 0 Å². The van der Waals surface area contributed by atoms with Crippen molar-refractivity contribution in [1.82, 2.24) is 0 Å². The number of nitro groups is 1. The van der Waals surface area contributed by atoms with Gasteiger partial charge in [0.25, 0.3) is 0 Å². The summed E-state index contributed by atoms with van der Waals surface area (Å²) in [6.45, 7) is -0.174. The maximum absolute atomic E-state index is 10.7. The highest BCUT2D eigenvalue weighted by atomic mass is 16.7. The highest BCUT2D eigenvalue weighted by Crippen LogP contribution is 2.37.